The monoisotopic (exact) mass is 352 g/mol. The summed E-state index contributed by atoms with van der Waals surface area (Å²) < 4.78 is 5.76. The number of aryl methyl sites for hydroxylation is 1. The molecule has 2 rings (SSSR count). The third kappa shape index (κ3) is 5.45. The Bertz CT molecular complexity index is 765. The van der Waals surface area contributed by atoms with E-state index in [1.54, 1.807) is 0 Å². The lowest BCUT2D eigenvalue weighted by atomic mass is 10.0. The number of amides is 1. The molecule has 0 aliphatic rings. The average molecular weight is 352 g/mol. The van der Waals surface area contributed by atoms with Crippen LogP contribution in [0.15, 0.2) is 53.6 Å². The largest absolute Gasteiger partial charge is 0.483 e. The highest BCUT2D eigenvalue weighted by Crippen LogP contribution is 2.27. The second-order valence-corrected chi connectivity index (χ2v) is 7.04. The Morgan fingerprint density at radius 2 is 1.77 bits per heavy atom. The van der Waals surface area contributed by atoms with Crippen molar-refractivity contribution in [1.29, 1.82) is 0 Å². The molecule has 138 valence electrons. The van der Waals surface area contributed by atoms with E-state index in [-0.39, 0.29) is 18.4 Å². The quantitative estimate of drug-likeness (QED) is 0.581. The van der Waals surface area contributed by atoms with Gasteiger partial charge in [-0.25, -0.2) is 5.43 Å². The molecule has 0 radical (unpaired) electrons. The summed E-state index contributed by atoms with van der Waals surface area (Å²) in [6.45, 7) is 10.3. The molecular weight excluding hydrogens is 324 g/mol. The van der Waals surface area contributed by atoms with Crippen LogP contribution in [0.5, 0.6) is 5.75 Å². The Hall–Kier alpha value is -2.62. The van der Waals surface area contributed by atoms with E-state index in [1.807, 2.05) is 43.3 Å². The van der Waals surface area contributed by atoms with Crippen LogP contribution in [0.1, 0.15) is 50.3 Å². The Balaban J connectivity index is 2.04. The van der Waals surface area contributed by atoms with Crippen LogP contribution >= 0.6 is 0 Å². The van der Waals surface area contributed by atoms with Gasteiger partial charge in [0.15, 0.2) is 6.61 Å². The van der Waals surface area contributed by atoms with Crippen LogP contribution in [0.2, 0.25) is 0 Å². The maximum absolute atomic E-state index is 12.2. The van der Waals surface area contributed by atoms with Crippen LogP contribution in [0.4, 0.5) is 0 Å². The summed E-state index contributed by atoms with van der Waals surface area (Å²) in [6.07, 6.45) is 0. The molecule has 0 aliphatic heterocycles. The van der Waals surface area contributed by atoms with Crippen molar-refractivity contribution >= 4 is 11.6 Å². The fourth-order valence-electron chi connectivity index (χ4n) is 2.68. The molecule has 4 nitrogen and oxygen atoms in total. The maximum Gasteiger partial charge on any atom is 0.277 e. The second-order valence-electron chi connectivity index (χ2n) is 7.04. The fraction of sp³-hybridized carbons (Fsp3) is 0.364. The van der Waals surface area contributed by atoms with Crippen LogP contribution in [0.3, 0.4) is 0 Å². The van der Waals surface area contributed by atoms with Gasteiger partial charge in [-0.15, -0.1) is 0 Å². The number of hydrogen-bond acceptors (Lipinski definition) is 3. The van der Waals surface area contributed by atoms with Gasteiger partial charge in [-0.2, -0.15) is 5.10 Å². The standard InChI is InChI=1S/C22H28N2O2/c1-15(2)19-12-11-17(5)13-20(19)26-14-21(25)23-24-22(16(3)4)18-9-7-6-8-10-18/h6-13,15-16H,14H2,1-5H3,(H,23,25). The lowest BCUT2D eigenvalue weighted by Gasteiger charge is -2.15. The molecule has 4 heteroatoms. The normalized spacial score (nSPS) is 11.7. The Kier molecular flexibility index (Phi) is 6.96. The Labute approximate surface area is 156 Å². The predicted molar refractivity (Wildman–Crippen MR) is 107 cm³/mol. The molecule has 26 heavy (non-hydrogen) atoms. The topological polar surface area (TPSA) is 50.7 Å². The first kappa shape index (κ1) is 19.7. The molecule has 0 aromatic heterocycles. The number of rotatable bonds is 7. The molecule has 1 N–H and O–H groups in total. The van der Waals surface area contributed by atoms with Gasteiger partial charge < -0.3 is 4.74 Å². The van der Waals surface area contributed by atoms with Gasteiger partial charge in [0.1, 0.15) is 5.75 Å². The van der Waals surface area contributed by atoms with E-state index in [1.165, 1.54) is 0 Å². The summed E-state index contributed by atoms with van der Waals surface area (Å²) in [5, 5.41) is 4.32. The predicted octanol–water partition coefficient (Wildman–Crippen LogP) is 4.67. The molecule has 1 amide bonds. The van der Waals surface area contributed by atoms with E-state index in [0.29, 0.717) is 5.92 Å². The first-order valence-electron chi connectivity index (χ1n) is 9.03. The SMILES string of the molecule is Cc1ccc(C(C)C)c(OCC(=O)NN=C(c2ccccc2)C(C)C)c1. The lowest BCUT2D eigenvalue weighted by molar-refractivity contribution is -0.123. The number of nitrogens with one attached hydrogen (secondary N) is 1. The minimum absolute atomic E-state index is 0.0627. The molecule has 0 saturated carbocycles. The highest BCUT2D eigenvalue weighted by Gasteiger charge is 2.12. The summed E-state index contributed by atoms with van der Waals surface area (Å²) in [5.74, 6) is 1.02. The number of ether oxygens (including phenoxy) is 1. The third-order valence-corrected chi connectivity index (χ3v) is 4.07. The van der Waals surface area contributed by atoms with Crippen LogP contribution in [-0.2, 0) is 4.79 Å². The van der Waals surface area contributed by atoms with Crippen molar-refractivity contribution in [2.45, 2.75) is 40.5 Å². The number of carbonyl (C=O) groups is 1. The van der Waals surface area contributed by atoms with Crippen molar-refractivity contribution in [2.75, 3.05) is 6.61 Å². The molecule has 0 heterocycles. The minimum atomic E-state index is -0.268. The zero-order chi connectivity index (χ0) is 19.1. The molecule has 0 spiro atoms. The summed E-state index contributed by atoms with van der Waals surface area (Å²) in [7, 11) is 0. The second kappa shape index (κ2) is 9.18. The van der Waals surface area contributed by atoms with Crippen molar-refractivity contribution in [2.24, 2.45) is 11.0 Å². The van der Waals surface area contributed by atoms with Gasteiger partial charge in [0, 0.05) is 0 Å². The van der Waals surface area contributed by atoms with Crippen LogP contribution in [0.25, 0.3) is 0 Å². The molecule has 0 bridgehead atoms. The molecule has 0 fully saturated rings. The summed E-state index contributed by atoms with van der Waals surface area (Å²) in [4.78, 5) is 12.2. The number of benzene rings is 2. The molecular formula is C22H28N2O2. The van der Waals surface area contributed by atoms with Gasteiger partial charge in [0.25, 0.3) is 5.91 Å². The smallest absolute Gasteiger partial charge is 0.277 e. The number of hydrogen-bond donors (Lipinski definition) is 1. The first-order valence-corrected chi connectivity index (χ1v) is 9.03. The van der Waals surface area contributed by atoms with Crippen molar-refractivity contribution in [3.63, 3.8) is 0 Å². The van der Waals surface area contributed by atoms with Gasteiger partial charge in [-0.1, -0.05) is 70.2 Å². The minimum Gasteiger partial charge on any atom is -0.483 e. The van der Waals surface area contributed by atoms with Gasteiger partial charge in [0.05, 0.1) is 5.71 Å². The summed E-state index contributed by atoms with van der Waals surface area (Å²) in [6, 6.07) is 15.9. The molecule has 0 atom stereocenters. The van der Waals surface area contributed by atoms with Crippen molar-refractivity contribution in [1.82, 2.24) is 5.43 Å². The van der Waals surface area contributed by atoms with Gasteiger partial charge in [-0.05, 0) is 41.5 Å². The molecule has 0 unspecified atom stereocenters. The first-order chi connectivity index (χ1) is 12.4. The van der Waals surface area contributed by atoms with E-state index < -0.39 is 0 Å². The van der Waals surface area contributed by atoms with E-state index >= 15 is 0 Å². The van der Waals surface area contributed by atoms with Gasteiger partial charge in [-0.3, -0.25) is 4.79 Å². The lowest BCUT2D eigenvalue weighted by Crippen LogP contribution is -2.27. The van der Waals surface area contributed by atoms with E-state index in [4.69, 9.17) is 4.74 Å². The number of hydrazone groups is 1. The number of carbonyl (C=O) groups excluding carboxylic acids is 1. The maximum atomic E-state index is 12.2. The fourth-order valence-corrected chi connectivity index (χ4v) is 2.68. The van der Waals surface area contributed by atoms with Crippen LogP contribution in [-0.4, -0.2) is 18.2 Å². The zero-order valence-corrected chi connectivity index (χ0v) is 16.2. The summed E-state index contributed by atoms with van der Waals surface area (Å²) in [5.41, 5.74) is 6.67. The van der Waals surface area contributed by atoms with Crippen LogP contribution < -0.4 is 10.2 Å². The van der Waals surface area contributed by atoms with Gasteiger partial charge in [0.2, 0.25) is 0 Å². The molecule has 2 aromatic rings. The number of nitrogens with zero attached hydrogens (tertiary/aromatic N) is 1. The Morgan fingerprint density at radius 1 is 1.08 bits per heavy atom. The summed E-state index contributed by atoms with van der Waals surface area (Å²) >= 11 is 0. The van der Waals surface area contributed by atoms with Crippen LogP contribution in [0, 0.1) is 12.8 Å². The average Bonchev–Trinajstić information content (AvgIpc) is 2.60. The van der Waals surface area contributed by atoms with Crippen molar-refractivity contribution in [3.8, 4) is 5.75 Å². The zero-order valence-electron chi connectivity index (χ0n) is 16.2. The van der Waals surface area contributed by atoms with E-state index in [2.05, 4.69) is 50.4 Å². The van der Waals surface area contributed by atoms with Crippen molar-refractivity contribution < 1.29 is 9.53 Å². The molecule has 2 aromatic carbocycles. The highest BCUT2D eigenvalue weighted by molar-refractivity contribution is 6.02. The Morgan fingerprint density at radius 3 is 2.38 bits per heavy atom. The highest BCUT2D eigenvalue weighted by atomic mass is 16.5. The van der Waals surface area contributed by atoms with Gasteiger partial charge >= 0.3 is 0 Å². The van der Waals surface area contributed by atoms with E-state index in [9.17, 15) is 4.79 Å². The third-order valence-electron chi connectivity index (χ3n) is 4.07. The molecule has 0 saturated heterocycles. The van der Waals surface area contributed by atoms with E-state index in [0.717, 1.165) is 28.2 Å². The molecule has 0 aliphatic carbocycles. The van der Waals surface area contributed by atoms with Crippen molar-refractivity contribution in [3.05, 3.63) is 65.2 Å².